The lowest BCUT2D eigenvalue weighted by Crippen LogP contribution is -2.84. The van der Waals surface area contributed by atoms with Crippen molar-refractivity contribution in [3.8, 4) is 0 Å². The van der Waals surface area contributed by atoms with Gasteiger partial charge in [0.2, 0.25) is 0 Å². The number of nitrogens with one attached hydrogen (secondary N) is 1. The van der Waals surface area contributed by atoms with Crippen LogP contribution in [0.3, 0.4) is 0 Å². The Morgan fingerprint density at radius 3 is 2.00 bits per heavy atom. The Kier molecular flexibility index (Phi) is 10.9. The summed E-state index contributed by atoms with van der Waals surface area (Å²) in [7, 11) is 0. The number of carbonyl (C=O) groups is 5. The predicted molar refractivity (Wildman–Crippen MR) is 205 cm³/mol. The molecule has 0 spiro atoms. The summed E-state index contributed by atoms with van der Waals surface area (Å²) in [5, 5.41) is 64.0. The zero-order chi connectivity index (χ0) is 42.7. The van der Waals surface area contributed by atoms with Gasteiger partial charge < -0.3 is 49.8 Å². The summed E-state index contributed by atoms with van der Waals surface area (Å²) < 4.78 is 23.7. The van der Waals surface area contributed by atoms with E-state index in [2.05, 4.69) is 5.32 Å². The van der Waals surface area contributed by atoms with Crippen molar-refractivity contribution in [1.29, 1.82) is 0 Å². The maximum absolute atomic E-state index is 14.7. The number of rotatable bonds is 9. The number of ether oxygens (including phenoxy) is 4. The lowest BCUT2D eigenvalue weighted by atomic mass is 9.47. The Hall–Kier alpha value is -5.29. The number of benzene rings is 3. The van der Waals surface area contributed by atoms with Crippen LogP contribution in [0, 0.1) is 11.3 Å². The summed E-state index contributed by atoms with van der Waals surface area (Å²) in [6.45, 7) is 5.01. The number of hydrogen-bond acceptors (Lipinski definition) is 14. The smallest absolute Gasteiger partial charge is 0.338 e. The highest BCUT2D eigenvalue weighted by molar-refractivity contribution is 5.96. The molecule has 1 heterocycles. The average Bonchev–Trinajstić information content (AvgIpc) is 3.21. The fourth-order valence-corrected chi connectivity index (χ4v) is 9.58. The van der Waals surface area contributed by atoms with Gasteiger partial charge in [0.15, 0.2) is 23.1 Å². The number of carbonyl (C=O) groups excluding carboxylic acids is 5. The van der Waals surface area contributed by atoms with E-state index in [1.165, 1.54) is 32.9 Å². The zero-order valence-electron chi connectivity index (χ0n) is 32.8. The van der Waals surface area contributed by atoms with Gasteiger partial charge in [-0.1, -0.05) is 80.6 Å². The highest BCUT2D eigenvalue weighted by Gasteiger charge is 2.79. The molecule has 3 aliphatic carbocycles. The lowest BCUT2D eigenvalue weighted by Gasteiger charge is -2.66. The van der Waals surface area contributed by atoms with E-state index in [1.807, 2.05) is 0 Å². The third-order valence-corrected chi connectivity index (χ3v) is 12.7. The minimum absolute atomic E-state index is 0.00327. The summed E-state index contributed by atoms with van der Waals surface area (Å²) >= 11 is 0. The molecule has 6 N–H and O–H groups in total. The van der Waals surface area contributed by atoms with Crippen LogP contribution in [0.1, 0.15) is 72.9 Å². The van der Waals surface area contributed by atoms with E-state index in [0.29, 0.717) is 5.56 Å². The quantitative estimate of drug-likeness (QED) is 0.103. The first-order valence-corrected chi connectivity index (χ1v) is 19.3. The molecule has 4 aliphatic rings. The van der Waals surface area contributed by atoms with Crippen LogP contribution in [0.2, 0.25) is 0 Å². The van der Waals surface area contributed by atoms with Crippen molar-refractivity contribution in [3.63, 3.8) is 0 Å². The number of aliphatic hydroxyl groups excluding tert-OH is 3. The van der Waals surface area contributed by atoms with Crippen molar-refractivity contribution in [3.05, 3.63) is 119 Å². The molecule has 7 rings (SSSR count). The van der Waals surface area contributed by atoms with Gasteiger partial charge in [-0.3, -0.25) is 14.4 Å². The minimum Gasteiger partial charge on any atom is -0.456 e. The van der Waals surface area contributed by atoms with Gasteiger partial charge in [0, 0.05) is 30.7 Å². The summed E-state index contributed by atoms with van der Waals surface area (Å²) in [5.74, 6) is -7.08. The summed E-state index contributed by atoms with van der Waals surface area (Å²) in [6, 6.07) is 22.6. The second-order valence-corrected chi connectivity index (χ2v) is 16.3. The Bertz CT molecular complexity index is 2160. The molecule has 15 heteroatoms. The van der Waals surface area contributed by atoms with Crippen LogP contribution < -0.4 is 5.32 Å². The number of ketones is 1. The highest BCUT2D eigenvalue weighted by atomic mass is 16.6. The maximum Gasteiger partial charge on any atom is 0.338 e. The number of hydrogen-bond donors (Lipinski definition) is 6. The Balaban J connectivity index is 1.34. The van der Waals surface area contributed by atoms with E-state index in [0.717, 1.165) is 6.92 Å². The number of Topliss-reactive ketones (excluding diaryl/α,β-unsaturated/α-hetero) is 1. The maximum atomic E-state index is 14.7. The molecule has 59 heavy (non-hydrogen) atoms. The molecule has 1 aliphatic heterocycles. The lowest BCUT2D eigenvalue weighted by molar-refractivity contribution is -0.356. The molecule has 2 bridgehead atoms. The Morgan fingerprint density at radius 1 is 0.864 bits per heavy atom. The van der Waals surface area contributed by atoms with Crippen molar-refractivity contribution in [2.45, 2.75) is 100 Å². The van der Waals surface area contributed by atoms with Crippen molar-refractivity contribution in [2.24, 2.45) is 11.3 Å². The highest BCUT2D eigenvalue weighted by Crippen LogP contribution is 2.61. The Morgan fingerprint density at radius 2 is 1.44 bits per heavy atom. The zero-order valence-corrected chi connectivity index (χ0v) is 32.8. The fourth-order valence-electron chi connectivity index (χ4n) is 9.58. The number of aliphatic hydroxyl groups is 5. The van der Waals surface area contributed by atoms with Gasteiger partial charge in [0.1, 0.15) is 30.0 Å². The summed E-state index contributed by atoms with van der Waals surface area (Å²) in [4.78, 5) is 69.0. The van der Waals surface area contributed by atoms with Crippen molar-refractivity contribution < 1.29 is 68.5 Å². The van der Waals surface area contributed by atoms with Gasteiger partial charge in [-0.15, -0.1) is 0 Å². The van der Waals surface area contributed by atoms with Crippen LogP contribution in [0.4, 0.5) is 0 Å². The van der Waals surface area contributed by atoms with Crippen LogP contribution in [0.5, 0.6) is 0 Å². The third-order valence-electron chi connectivity index (χ3n) is 12.7. The first-order chi connectivity index (χ1) is 27.9. The molecule has 3 aromatic carbocycles. The van der Waals surface area contributed by atoms with Gasteiger partial charge in [0.05, 0.1) is 30.2 Å². The molecule has 0 unspecified atom stereocenters. The van der Waals surface area contributed by atoms with Crippen LogP contribution >= 0.6 is 0 Å². The molecular weight excluding hydrogens is 766 g/mol. The van der Waals surface area contributed by atoms with Gasteiger partial charge in [0.25, 0.3) is 5.91 Å². The van der Waals surface area contributed by atoms with E-state index in [9.17, 15) is 49.5 Å². The summed E-state index contributed by atoms with van der Waals surface area (Å²) in [5.41, 5.74) is -8.78. The second kappa shape index (κ2) is 15.4. The summed E-state index contributed by atoms with van der Waals surface area (Å²) in [6.07, 6.45) is -12.1. The fraction of sp³-hybridized carbons (Fsp3) is 0.432. The van der Waals surface area contributed by atoms with E-state index >= 15 is 0 Å². The van der Waals surface area contributed by atoms with E-state index in [1.54, 1.807) is 78.9 Å². The van der Waals surface area contributed by atoms with Crippen LogP contribution in [0.15, 0.2) is 102 Å². The van der Waals surface area contributed by atoms with Crippen LogP contribution in [-0.2, 0) is 33.3 Å². The monoisotopic (exact) mass is 813 g/mol. The first-order valence-electron chi connectivity index (χ1n) is 19.3. The number of amides is 1. The molecule has 312 valence electrons. The average molecular weight is 814 g/mol. The van der Waals surface area contributed by atoms with Crippen molar-refractivity contribution >= 4 is 29.6 Å². The topological polar surface area (TPSA) is 235 Å². The standard InChI is InChI=1S/C44H47NO14/c1-23-28(57-40(53)34(49)32(25-14-8-5-9-15-25)45-38(51)26-16-10-6-11-17-26)21-43(54)37(58-39(52)27-18-12-7-13-19-27)35-42(59-24(2)46)22-56-30(42)20-29(47)44(35,55)36(50)33(48)31(23)41(43,3)4/h5-19,28-30,32-35,37,47-49,54-55H,20-22H2,1-4H3,(H,45,51)/t28-,29-,30+,32-,33+,34+,35+,37-,42-,43-,44-/m0/s1. The van der Waals surface area contributed by atoms with Crippen molar-refractivity contribution in [2.75, 3.05) is 6.61 Å². The van der Waals surface area contributed by atoms with Gasteiger partial charge in [-0.2, -0.15) is 0 Å². The SMILES string of the molecule is CC(=O)O[C@@]12CO[C@@H]1C[C@H](O)[C@@]1(O)C(=O)[C@H](O)C3=C(C)[C@@H](OC(=O)[C@H](O)[C@@H](NC(=O)c4ccccc4)c4ccccc4)C[C@](O)([C@@H](OC(=O)c4ccccc4)[C@H]21)C3(C)C. The van der Waals surface area contributed by atoms with Crippen LogP contribution in [-0.4, -0.2) is 115 Å². The molecule has 2 saturated carbocycles. The molecular formula is C44H47NO14. The number of fused-ring (bicyclic) bond motifs is 5. The van der Waals surface area contributed by atoms with Gasteiger partial charge in [-0.25, -0.2) is 9.59 Å². The largest absolute Gasteiger partial charge is 0.456 e. The van der Waals surface area contributed by atoms with E-state index in [-0.39, 0.29) is 22.3 Å². The minimum atomic E-state index is -3.01. The Labute approximate surface area is 339 Å². The van der Waals surface area contributed by atoms with E-state index in [4.69, 9.17) is 18.9 Å². The van der Waals surface area contributed by atoms with Gasteiger partial charge in [-0.05, 0) is 47.9 Å². The molecule has 3 fully saturated rings. The van der Waals surface area contributed by atoms with Crippen molar-refractivity contribution in [1.82, 2.24) is 5.32 Å². The predicted octanol–water partition coefficient (Wildman–Crippen LogP) is 1.89. The van der Waals surface area contributed by atoms with Crippen LogP contribution in [0.25, 0.3) is 0 Å². The third kappa shape index (κ3) is 6.75. The molecule has 0 aromatic heterocycles. The molecule has 11 atom stereocenters. The molecule has 3 aromatic rings. The van der Waals surface area contributed by atoms with E-state index < -0.39 is 120 Å². The molecule has 0 radical (unpaired) electrons. The second-order valence-electron chi connectivity index (χ2n) is 16.3. The molecule has 1 saturated heterocycles. The first kappa shape index (κ1) is 41.9. The molecule has 1 amide bonds. The normalized spacial score (nSPS) is 33.0. The van der Waals surface area contributed by atoms with Gasteiger partial charge >= 0.3 is 17.9 Å². The number of esters is 3. The molecule has 15 nitrogen and oxygen atoms in total.